The van der Waals surface area contributed by atoms with E-state index in [0.29, 0.717) is 18.4 Å². The Bertz CT molecular complexity index is 78.6. The molecule has 2 nitrogen and oxygen atoms in total. The molecule has 2 heteroatoms. The Kier molecular flexibility index (Phi) is 3.24. The van der Waals surface area contributed by atoms with Gasteiger partial charge in [-0.15, -0.1) is 0 Å². The topological polar surface area (TPSA) is 33.1 Å². The molecule has 0 fully saturated rings. The standard InChI is InChI=1S/C6H13NO/c1-5(2)4-8-6(3)7/h5,7H,4H2,1-3H3. The Morgan fingerprint density at radius 1 is 1.62 bits per heavy atom. The van der Waals surface area contributed by atoms with Crippen LogP contribution in [0.1, 0.15) is 20.8 Å². The van der Waals surface area contributed by atoms with Gasteiger partial charge in [0.05, 0.1) is 6.61 Å². The average Bonchev–Trinajstić information content (AvgIpc) is 1.61. The van der Waals surface area contributed by atoms with E-state index in [1.165, 1.54) is 0 Å². The lowest BCUT2D eigenvalue weighted by molar-refractivity contribution is 0.254. The third-order valence-electron chi connectivity index (χ3n) is 0.633. The number of ether oxygens (including phenoxy) is 1. The Morgan fingerprint density at radius 3 is 2.25 bits per heavy atom. The van der Waals surface area contributed by atoms with E-state index < -0.39 is 0 Å². The van der Waals surface area contributed by atoms with Crippen molar-refractivity contribution < 1.29 is 4.74 Å². The van der Waals surface area contributed by atoms with Crippen LogP contribution in [0.2, 0.25) is 0 Å². The van der Waals surface area contributed by atoms with Gasteiger partial charge in [0.1, 0.15) is 0 Å². The molecule has 0 saturated heterocycles. The molecule has 0 unspecified atom stereocenters. The van der Waals surface area contributed by atoms with Crippen molar-refractivity contribution in [3.63, 3.8) is 0 Å². The summed E-state index contributed by atoms with van der Waals surface area (Å²) < 4.78 is 4.89. The van der Waals surface area contributed by atoms with E-state index in [1.807, 2.05) is 0 Å². The van der Waals surface area contributed by atoms with E-state index in [1.54, 1.807) is 6.92 Å². The zero-order valence-corrected chi connectivity index (χ0v) is 5.69. The second kappa shape index (κ2) is 3.47. The fraction of sp³-hybridized carbons (Fsp3) is 0.833. The number of hydrogen-bond donors (Lipinski definition) is 1. The molecule has 0 bridgehead atoms. The van der Waals surface area contributed by atoms with Crippen LogP contribution >= 0.6 is 0 Å². The van der Waals surface area contributed by atoms with E-state index in [0.717, 1.165) is 0 Å². The second-order valence-corrected chi connectivity index (χ2v) is 2.26. The first-order valence-electron chi connectivity index (χ1n) is 2.81. The van der Waals surface area contributed by atoms with Crippen LogP contribution in [0.5, 0.6) is 0 Å². The molecule has 0 saturated carbocycles. The van der Waals surface area contributed by atoms with Crippen LogP contribution < -0.4 is 0 Å². The lowest BCUT2D eigenvalue weighted by Gasteiger charge is -2.04. The molecular formula is C6H13NO. The third-order valence-corrected chi connectivity index (χ3v) is 0.633. The molecule has 0 amide bonds. The van der Waals surface area contributed by atoms with Gasteiger partial charge < -0.3 is 4.74 Å². The molecule has 0 aromatic heterocycles. The molecule has 0 rings (SSSR count). The summed E-state index contributed by atoms with van der Waals surface area (Å²) in [4.78, 5) is 0. The van der Waals surface area contributed by atoms with Gasteiger partial charge in [0.15, 0.2) is 5.90 Å². The normalized spacial score (nSPS) is 9.50. The highest BCUT2D eigenvalue weighted by atomic mass is 16.5. The summed E-state index contributed by atoms with van der Waals surface area (Å²) in [5.41, 5.74) is 0. The van der Waals surface area contributed by atoms with Gasteiger partial charge in [-0.3, -0.25) is 5.41 Å². The quantitative estimate of drug-likeness (QED) is 0.431. The molecule has 0 aromatic rings. The molecule has 0 atom stereocenters. The lowest BCUT2D eigenvalue weighted by Crippen LogP contribution is -2.04. The van der Waals surface area contributed by atoms with Crippen molar-refractivity contribution in [1.29, 1.82) is 5.41 Å². The lowest BCUT2D eigenvalue weighted by atomic mass is 10.2. The third kappa shape index (κ3) is 5.47. The monoisotopic (exact) mass is 115 g/mol. The van der Waals surface area contributed by atoms with Gasteiger partial charge in [-0.05, 0) is 5.92 Å². The zero-order chi connectivity index (χ0) is 6.57. The molecule has 0 radical (unpaired) electrons. The summed E-state index contributed by atoms with van der Waals surface area (Å²) in [6.07, 6.45) is 0. The van der Waals surface area contributed by atoms with Crippen molar-refractivity contribution in [3.8, 4) is 0 Å². The highest BCUT2D eigenvalue weighted by Gasteiger charge is 1.92. The molecule has 8 heavy (non-hydrogen) atoms. The van der Waals surface area contributed by atoms with Crippen molar-refractivity contribution in [2.24, 2.45) is 5.92 Å². The van der Waals surface area contributed by atoms with Crippen molar-refractivity contribution in [2.45, 2.75) is 20.8 Å². The Labute approximate surface area is 50.4 Å². The molecule has 0 spiro atoms. The van der Waals surface area contributed by atoms with Gasteiger partial charge >= 0.3 is 0 Å². The first kappa shape index (κ1) is 7.47. The maximum Gasteiger partial charge on any atom is 0.177 e. The second-order valence-electron chi connectivity index (χ2n) is 2.26. The minimum Gasteiger partial charge on any atom is -0.481 e. The minimum absolute atomic E-state index is 0.304. The first-order valence-corrected chi connectivity index (χ1v) is 2.81. The number of nitrogens with one attached hydrogen (secondary N) is 1. The fourth-order valence-corrected chi connectivity index (χ4v) is 0.292. The molecule has 0 heterocycles. The fourth-order valence-electron chi connectivity index (χ4n) is 0.292. The molecular weight excluding hydrogens is 102 g/mol. The highest BCUT2D eigenvalue weighted by molar-refractivity contribution is 5.69. The van der Waals surface area contributed by atoms with Crippen LogP contribution in [0.4, 0.5) is 0 Å². The average molecular weight is 115 g/mol. The van der Waals surface area contributed by atoms with Crippen LogP contribution in [-0.4, -0.2) is 12.5 Å². The van der Waals surface area contributed by atoms with Gasteiger partial charge in [-0.25, -0.2) is 0 Å². The van der Waals surface area contributed by atoms with Crippen LogP contribution in [0.15, 0.2) is 0 Å². The summed E-state index contributed by atoms with van der Waals surface area (Å²) in [6, 6.07) is 0. The predicted octanol–water partition coefficient (Wildman–Crippen LogP) is 1.66. The van der Waals surface area contributed by atoms with Gasteiger partial charge in [0.2, 0.25) is 0 Å². The van der Waals surface area contributed by atoms with E-state index in [2.05, 4.69) is 13.8 Å². The molecule has 0 aliphatic rings. The number of rotatable bonds is 2. The summed E-state index contributed by atoms with van der Waals surface area (Å²) in [5.74, 6) is 0.828. The summed E-state index contributed by atoms with van der Waals surface area (Å²) >= 11 is 0. The first-order chi connectivity index (χ1) is 3.63. The van der Waals surface area contributed by atoms with Gasteiger partial charge in [0, 0.05) is 6.92 Å². The summed E-state index contributed by atoms with van der Waals surface area (Å²) in [6.45, 7) is 6.42. The van der Waals surface area contributed by atoms with E-state index in [-0.39, 0.29) is 0 Å². The van der Waals surface area contributed by atoms with Crippen LogP contribution in [0.25, 0.3) is 0 Å². The van der Waals surface area contributed by atoms with Crippen LogP contribution in [-0.2, 0) is 4.74 Å². The van der Waals surface area contributed by atoms with Crippen LogP contribution in [0.3, 0.4) is 0 Å². The molecule has 1 N–H and O–H groups in total. The SMILES string of the molecule is CC(=N)OCC(C)C. The summed E-state index contributed by atoms with van der Waals surface area (Å²) in [7, 11) is 0. The van der Waals surface area contributed by atoms with E-state index in [9.17, 15) is 0 Å². The van der Waals surface area contributed by atoms with Gasteiger partial charge in [0.25, 0.3) is 0 Å². The Hall–Kier alpha value is -0.530. The molecule has 0 aliphatic carbocycles. The maximum absolute atomic E-state index is 6.87. The molecule has 0 aliphatic heterocycles. The highest BCUT2D eigenvalue weighted by Crippen LogP contribution is 1.91. The maximum atomic E-state index is 6.87. The van der Waals surface area contributed by atoms with Crippen molar-refractivity contribution >= 4 is 5.90 Å². The molecule has 48 valence electrons. The predicted molar refractivity (Wildman–Crippen MR) is 34.2 cm³/mol. The largest absolute Gasteiger partial charge is 0.481 e. The smallest absolute Gasteiger partial charge is 0.177 e. The van der Waals surface area contributed by atoms with Gasteiger partial charge in [-0.1, -0.05) is 13.8 Å². The van der Waals surface area contributed by atoms with Gasteiger partial charge in [-0.2, -0.15) is 0 Å². The van der Waals surface area contributed by atoms with Crippen molar-refractivity contribution in [1.82, 2.24) is 0 Å². The van der Waals surface area contributed by atoms with E-state index >= 15 is 0 Å². The number of hydrogen-bond acceptors (Lipinski definition) is 2. The Morgan fingerprint density at radius 2 is 2.12 bits per heavy atom. The zero-order valence-electron chi connectivity index (χ0n) is 5.69. The molecule has 0 aromatic carbocycles. The Balaban J connectivity index is 3.05. The summed E-state index contributed by atoms with van der Waals surface area (Å²) in [5, 5.41) is 6.87. The minimum atomic E-state index is 0.304. The van der Waals surface area contributed by atoms with Crippen molar-refractivity contribution in [2.75, 3.05) is 6.61 Å². The van der Waals surface area contributed by atoms with Crippen LogP contribution in [0, 0.1) is 11.3 Å². The van der Waals surface area contributed by atoms with E-state index in [4.69, 9.17) is 10.1 Å². The van der Waals surface area contributed by atoms with Crippen molar-refractivity contribution in [3.05, 3.63) is 0 Å².